The quantitative estimate of drug-likeness (QED) is 0.793. The van der Waals surface area contributed by atoms with Crippen molar-refractivity contribution in [3.8, 4) is 0 Å². The fraction of sp³-hybridized carbons (Fsp3) is 0.727. The normalized spacial score (nSPS) is 31.9. The largest absolute Gasteiger partial charge is 0.349 e. The molecule has 3 unspecified atom stereocenters. The van der Waals surface area contributed by atoms with E-state index in [1.54, 1.807) is 0 Å². The second kappa shape index (κ2) is 3.88. The Morgan fingerprint density at radius 1 is 1.50 bits per heavy atom. The van der Waals surface area contributed by atoms with Gasteiger partial charge in [0.15, 0.2) is 0 Å². The molecule has 86 valence electrons. The number of hydrogen-bond donors (Lipinski definition) is 2. The van der Waals surface area contributed by atoms with Crippen LogP contribution in [-0.4, -0.2) is 21.1 Å². The molecule has 5 heteroatoms. The fourth-order valence-corrected chi connectivity index (χ4v) is 3.18. The van der Waals surface area contributed by atoms with Crippen LogP contribution in [0.5, 0.6) is 0 Å². The Hall–Kier alpha value is -1.39. The number of carbonyl (C=O) groups is 1. The second-order valence-electron chi connectivity index (χ2n) is 4.93. The molecule has 1 amide bonds. The number of nitrogens with zero attached hydrogens (tertiary/aromatic N) is 2. The summed E-state index contributed by atoms with van der Waals surface area (Å²) < 4.78 is 0. The van der Waals surface area contributed by atoms with Crippen molar-refractivity contribution in [2.45, 2.75) is 32.2 Å². The van der Waals surface area contributed by atoms with Crippen molar-refractivity contribution in [1.82, 2.24) is 20.5 Å². The SMILES string of the molecule is O=C(NCc1ncn[nH]1)C1CC2CCC1C2. The highest BCUT2D eigenvalue weighted by Gasteiger charge is 2.42. The average molecular weight is 220 g/mol. The number of hydrogen-bond acceptors (Lipinski definition) is 3. The number of carbonyl (C=O) groups excluding carboxylic acids is 1. The Kier molecular flexibility index (Phi) is 2.38. The van der Waals surface area contributed by atoms with Crippen LogP contribution in [0.4, 0.5) is 0 Å². The van der Waals surface area contributed by atoms with Crippen molar-refractivity contribution < 1.29 is 4.79 Å². The van der Waals surface area contributed by atoms with E-state index in [1.807, 2.05) is 0 Å². The van der Waals surface area contributed by atoms with Crippen LogP contribution in [0, 0.1) is 17.8 Å². The zero-order valence-electron chi connectivity index (χ0n) is 9.15. The van der Waals surface area contributed by atoms with E-state index in [0.29, 0.717) is 12.5 Å². The van der Waals surface area contributed by atoms with Gasteiger partial charge in [-0.1, -0.05) is 6.42 Å². The van der Waals surface area contributed by atoms with Gasteiger partial charge in [-0.25, -0.2) is 4.98 Å². The maximum atomic E-state index is 12.0. The van der Waals surface area contributed by atoms with E-state index in [9.17, 15) is 4.79 Å². The van der Waals surface area contributed by atoms with E-state index < -0.39 is 0 Å². The molecule has 0 spiro atoms. The van der Waals surface area contributed by atoms with Crippen molar-refractivity contribution in [2.75, 3.05) is 0 Å². The molecule has 3 atom stereocenters. The standard InChI is InChI=1S/C11H16N4O/c16-11(12-5-10-13-6-14-15-10)9-4-7-1-2-8(9)3-7/h6-9H,1-5H2,(H,12,16)(H,13,14,15). The fourth-order valence-electron chi connectivity index (χ4n) is 3.18. The van der Waals surface area contributed by atoms with Gasteiger partial charge in [0.1, 0.15) is 12.2 Å². The molecule has 2 aliphatic carbocycles. The van der Waals surface area contributed by atoms with E-state index in [0.717, 1.165) is 18.2 Å². The number of fused-ring (bicyclic) bond motifs is 2. The highest BCUT2D eigenvalue weighted by Crippen LogP contribution is 2.48. The third-order valence-corrected chi connectivity index (χ3v) is 3.97. The molecule has 0 radical (unpaired) electrons. The van der Waals surface area contributed by atoms with Gasteiger partial charge in [-0.2, -0.15) is 5.10 Å². The van der Waals surface area contributed by atoms with Crippen molar-refractivity contribution >= 4 is 5.91 Å². The van der Waals surface area contributed by atoms with Crippen LogP contribution in [0.15, 0.2) is 6.33 Å². The summed E-state index contributed by atoms with van der Waals surface area (Å²) in [6, 6.07) is 0. The Balaban J connectivity index is 1.54. The first-order chi connectivity index (χ1) is 7.83. The summed E-state index contributed by atoms with van der Waals surface area (Å²) in [5.41, 5.74) is 0. The van der Waals surface area contributed by atoms with Crippen LogP contribution in [0.3, 0.4) is 0 Å². The summed E-state index contributed by atoms with van der Waals surface area (Å²) in [5, 5.41) is 9.43. The number of amides is 1. The predicted octanol–water partition coefficient (Wildman–Crippen LogP) is 0.857. The van der Waals surface area contributed by atoms with Gasteiger partial charge < -0.3 is 5.32 Å². The lowest BCUT2D eigenvalue weighted by molar-refractivity contribution is -0.126. The van der Waals surface area contributed by atoms with Crippen molar-refractivity contribution in [2.24, 2.45) is 17.8 Å². The summed E-state index contributed by atoms with van der Waals surface area (Å²) in [6.45, 7) is 0.465. The highest BCUT2D eigenvalue weighted by molar-refractivity contribution is 5.79. The van der Waals surface area contributed by atoms with E-state index in [-0.39, 0.29) is 11.8 Å². The first kappa shape index (κ1) is 9.81. The van der Waals surface area contributed by atoms with Gasteiger partial charge in [0.2, 0.25) is 5.91 Å². The average Bonchev–Trinajstić information content (AvgIpc) is 3.01. The number of aromatic nitrogens is 3. The van der Waals surface area contributed by atoms with Crippen molar-refractivity contribution in [1.29, 1.82) is 0 Å². The van der Waals surface area contributed by atoms with E-state index in [1.165, 1.54) is 25.6 Å². The Labute approximate surface area is 94.0 Å². The van der Waals surface area contributed by atoms with Gasteiger partial charge >= 0.3 is 0 Å². The van der Waals surface area contributed by atoms with Crippen molar-refractivity contribution in [3.05, 3.63) is 12.2 Å². The van der Waals surface area contributed by atoms with Gasteiger partial charge in [0, 0.05) is 5.92 Å². The van der Waals surface area contributed by atoms with Crippen LogP contribution < -0.4 is 5.32 Å². The van der Waals surface area contributed by atoms with Gasteiger partial charge in [-0.3, -0.25) is 9.89 Å². The molecule has 5 nitrogen and oxygen atoms in total. The third-order valence-electron chi connectivity index (χ3n) is 3.97. The molecule has 1 aromatic rings. The van der Waals surface area contributed by atoms with Gasteiger partial charge in [-0.05, 0) is 31.1 Å². The second-order valence-corrected chi connectivity index (χ2v) is 4.93. The topological polar surface area (TPSA) is 70.7 Å². The number of rotatable bonds is 3. The van der Waals surface area contributed by atoms with Gasteiger partial charge in [-0.15, -0.1) is 0 Å². The van der Waals surface area contributed by atoms with Crippen LogP contribution in [0.25, 0.3) is 0 Å². The minimum atomic E-state index is 0.198. The first-order valence-electron chi connectivity index (χ1n) is 5.95. The van der Waals surface area contributed by atoms with Crippen LogP contribution in [0.2, 0.25) is 0 Å². The third kappa shape index (κ3) is 1.70. The van der Waals surface area contributed by atoms with Gasteiger partial charge in [0.25, 0.3) is 0 Å². The highest BCUT2D eigenvalue weighted by atomic mass is 16.1. The molecule has 2 saturated carbocycles. The minimum absolute atomic E-state index is 0.198. The maximum Gasteiger partial charge on any atom is 0.223 e. The molecule has 2 N–H and O–H groups in total. The van der Waals surface area contributed by atoms with Crippen molar-refractivity contribution in [3.63, 3.8) is 0 Å². The van der Waals surface area contributed by atoms with Crippen LogP contribution in [0.1, 0.15) is 31.5 Å². The lowest BCUT2D eigenvalue weighted by Gasteiger charge is -2.20. The van der Waals surface area contributed by atoms with E-state index in [4.69, 9.17) is 0 Å². The molecule has 0 saturated heterocycles. The molecule has 0 aliphatic heterocycles. The molecule has 1 heterocycles. The summed E-state index contributed by atoms with van der Waals surface area (Å²) in [5.74, 6) is 2.62. The molecular formula is C11H16N4O. The summed E-state index contributed by atoms with van der Waals surface area (Å²) in [7, 11) is 0. The van der Waals surface area contributed by atoms with E-state index in [2.05, 4.69) is 20.5 Å². The number of nitrogens with one attached hydrogen (secondary N) is 2. The van der Waals surface area contributed by atoms with E-state index >= 15 is 0 Å². The molecule has 2 fully saturated rings. The molecule has 16 heavy (non-hydrogen) atoms. The molecule has 3 rings (SSSR count). The molecule has 0 aromatic carbocycles. The Morgan fingerprint density at radius 3 is 3.06 bits per heavy atom. The lowest BCUT2D eigenvalue weighted by atomic mass is 9.88. The van der Waals surface area contributed by atoms with Crippen LogP contribution in [-0.2, 0) is 11.3 Å². The summed E-state index contributed by atoms with van der Waals surface area (Å²) in [4.78, 5) is 15.9. The van der Waals surface area contributed by atoms with Gasteiger partial charge in [0.05, 0.1) is 6.54 Å². The molecule has 2 bridgehead atoms. The predicted molar refractivity (Wildman–Crippen MR) is 57.2 cm³/mol. The Morgan fingerprint density at radius 2 is 2.44 bits per heavy atom. The zero-order valence-corrected chi connectivity index (χ0v) is 9.15. The first-order valence-corrected chi connectivity index (χ1v) is 5.95. The number of H-pyrrole nitrogens is 1. The zero-order chi connectivity index (χ0) is 11.0. The lowest BCUT2D eigenvalue weighted by Crippen LogP contribution is -2.33. The molecule has 2 aliphatic rings. The minimum Gasteiger partial charge on any atom is -0.349 e. The maximum absolute atomic E-state index is 12.0. The molecule has 1 aromatic heterocycles. The van der Waals surface area contributed by atoms with Crippen LogP contribution >= 0.6 is 0 Å². The summed E-state index contributed by atoms with van der Waals surface area (Å²) in [6.07, 6.45) is 6.38. The number of aromatic amines is 1. The smallest absolute Gasteiger partial charge is 0.223 e. The molecular weight excluding hydrogens is 204 g/mol. The monoisotopic (exact) mass is 220 g/mol. The Bertz CT molecular complexity index is 375. The summed E-state index contributed by atoms with van der Waals surface area (Å²) >= 11 is 0.